The third-order valence-corrected chi connectivity index (χ3v) is 6.10. The van der Waals surface area contributed by atoms with Crippen LogP contribution in [0.25, 0.3) is 22.8 Å². The van der Waals surface area contributed by atoms with Crippen LogP contribution >= 0.6 is 0 Å². The summed E-state index contributed by atoms with van der Waals surface area (Å²) in [5.74, 6) is 1.46. The van der Waals surface area contributed by atoms with E-state index in [9.17, 15) is 4.39 Å². The predicted octanol–water partition coefficient (Wildman–Crippen LogP) is 5.01. The van der Waals surface area contributed by atoms with Crippen molar-refractivity contribution in [1.82, 2.24) is 25.6 Å². The molecule has 2 atom stereocenters. The molecular formula is C25H26FN5O3. The maximum Gasteiger partial charge on any atom is 0.226 e. The normalized spacial score (nSPS) is 18.3. The fourth-order valence-corrected chi connectivity index (χ4v) is 4.23. The highest BCUT2D eigenvalue weighted by atomic mass is 19.1. The molecule has 34 heavy (non-hydrogen) atoms. The number of halogens is 1. The Labute approximate surface area is 196 Å². The second-order valence-corrected chi connectivity index (χ2v) is 8.45. The van der Waals surface area contributed by atoms with Crippen molar-refractivity contribution in [1.29, 1.82) is 0 Å². The second kappa shape index (κ2) is 10.2. The number of aryl methyl sites for hydroxylation is 1. The number of rotatable bonds is 8. The molecule has 1 N–H and O–H groups in total. The lowest BCUT2D eigenvalue weighted by Crippen LogP contribution is -2.28. The minimum Gasteiger partial charge on any atom is -0.441 e. The fraction of sp³-hybridized carbons (Fsp3) is 0.360. The van der Waals surface area contributed by atoms with E-state index in [1.807, 2.05) is 31.2 Å². The van der Waals surface area contributed by atoms with Crippen molar-refractivity contribution < 1.29 is 18.3 Å². The predicted molar refractivity (Wildman–Crippen MR) is 122 cm³/mol. The molecule has 4 aromatic rings. The molecule has 2 aromatic carbocycles. The van der Waals surface area contributed by atoms with Gasteiger partial charge in [-0.1, -0.05) is 24.3 Å². The summed E-state index contributed by atoms with van der Waals surface area (Å²) in [6.45, 7) is 2.72. The monoisotopic (exact) mass is 463 g/mol. The maximum atomic E-state index is 13.2. The van der Waals surface area contributed by atoms with Gasteiger partial charge in [0.15, 0.2) is 0 Å². The smallest absolute Gasteiger partial charge is 0.226 e. The van der Waals surface area contributed by atoms with Crippen LogP contribution in [0.3, 0.4) is 0 Å². The third kappa shape index (κ3) is 5.21. The van der Waals surface area contributed by atoms with E-state index in [1.54, 1.807) is 12.1 Å². The lowest BCUT2D eigenvalue weighted by atomic mass is 9.94. The zero-order valence-corrected chi connectivity index (χ0v) is 18.9. The van der Waals surface area contributed by atoms with Gasteiger partial charge in [0.25, 0.3) is 0 Å². The van der Waals surface area contributed by atoms with Crippen LogP contribution in [-0.2, 0) is 22.7 Å². The topological polar surface area (TPSA) is 99.0 Å². The average Bonchev–Trinajstić information content (AvgIpc) is 3.53. The van der Waals surface area contributed by atoms with Crippen molar-refractivity contribution in [3.63, 3.8) is 0 Å². The van der Waals surface area contributed by atoms with Gasteiger partial charge < -0.3 is 13.9 Å². The first kappa shape index (κ1) is 22.4. The standard InChI is InChI=1S/C25H26FN5O3/c1-16-23(27-25(34-16)17-9-11-19(26)12-10-17)15-33-21-7-4-6-20(13-21)32-14-18-5-2-3-8-22(18)24-28-30-31-29-24/h2-3,5,8-12,20-21H,4,6-7,13-15H2,1H3,(H,28,29,30,31). The lowest BCUT2D eigenvalue weighted by Gasteiger charge is -2.29. The van der Waals surface area contributed by atoms with Crippen LogP contribution in [0.2, 0.25) is 0 Å². The van der Waals surface area contributed by atoms with Gasteiger partial charge in [-0.15, -0.1) is 10.2 Å². The van der Waals surface area contributed by atoms with Crippen LogP contribution in [0.1, 0.15) is 42.7 Å². The van der Waals surface area contributed by atoms with Gasteiger partial charge in [0, 0.05) is 11.1 Å². The van der Waals surface area contributed by atoms with E-state index in [2.05, 4.69) is 25.6 Å². The van der Waals surface area contributed by atoms with Crippen LogP contribution in [0, 0.1) is 12.7 Å². The van der Waals surface area contributed by atoms with E-state index in [0.717, 1.165) is 48.1 Å². The van der Waals surface area contributed by atoms with Gasteiger partial charge in [-0.3, -0.25) is 0 Å². The highest BCUT2D eigenvalue weighted by Gasteiger charge is 2.24. The molecule has 2 unspecified atom stereocenters. The molecule has 1 aliphatic rings. The molecule has 1 fully saturated rings. The molecule has 5 rings (SSSR count). The summed E-state index contributed by atoms with van der Waals surface area (Å²) in [7, 11) is 0. The molecule has 176 valence electrons. The number of tetrazole rings is 1. The Bertz CT molecular complexity index is 1210. The zero-order valence-electron chi connectivity index (χ0n) is 18.9. The lowest BCUT2D eigenvalue weighted by molar-refractivity contribution is -0.0561. The molecule has 0 radical (unpaired) electrons. The minimum atomic E-state index is -0.289. The number of hydrogen-bond donors (Lipinski definition) is 1. The van der Waals surface area contributed by atoms with Crippen molar-refractivity contribution >= 4 is 0 Å². The molecule has 0 saturated heterocycles. The minimum absolute atomic E-state index is 0.0940. The van der Waals surface area contributed by atoms with Gasteiger partial charge in [-0.05, 0) is 67.6 Å². The molecule has 1 aliphatic carbocycles. The van der Waals surface area contributed by atoms with Gasteiger partial charge in [0.1, 0.15) is 17.3 Å². The highest BCUT2D eigenvalue weighted by Crippen LogP contribution is 2.28. The number of aromatic nitrogens is 5. The van der Waals surface area contributed by atoms with E-state index in [1.165, 1.54) is 12.1 Å². The van der Waals surface area contributed by atoms with Crippen LogP contribution in [0.5, 0.6) is 0 Å². The van der Waals surface area contributed by atoms with Crippen molar-refractivity contribution in [2.75, 3.05) is 0 Å². The van der Waals surface area contributed by atoms with Gasteiger partial charge in [-0.25, -0.2) is 9.37 Å². The summed E-state index contributed by atoms with van der Waals surface area (Å²) in [6.07, 6.45) is 4.07. The van der Waals surface area contributed by atoms with Crippen LogP contribution < -0.4 is 0 Å². The van der Waals surface area contributed by atoms with Crippen molar-refractivity contribution in [2.24, 2.45) is 0 Å². The molecule has 9 heteroatoms. The first-order valence-corrected chi connectivity index (χ1v) is 11.4. The summed E-state index contributed by atoms with van der Waals surface area (Å²) in [4.78, 5) is 4.56. The number of nitrogens with zero attached hydrogens (tertiary/aromatic N) is 4. The summed E-state index contributed by atoms with van der Waals surface area (Å²) in [5, 5.41) is 14.3. The van der Waals surface area contributed by atoms with Gasteiger partial charge >= 0.3 is 0 Å². The molecule has 0 bridgehead atoms. The fourth-order valence-electron chi connectivity index (χ4n) is 4.23. The molecule has 0 amide bonds. The largest absolute Gasteiger partial charge is 0.441 e. The van der Waals surface area contributed by atoms with E-state index in [4.69, 9.17) is 13.9 Å². The molecular weight excluding hydrogens is 437 g/mol. The second-order valence-electron chi connectivity index (χ2n) is 8.45. The van der Waals surface area contributed by atoms with Crippen LogP contribution in [0.4, 0.5) is 4.39 Å². The van der Waals surface area contributed by atoms with Crippen molar-refractivity contribution in [3.8, 4) is 22.8 Å². The molecule has 0 spiro atoms. The summed E-state index contributed by atoms with van der Waals surface area (Å²) < 4.78 is 31.4. The molecule has 0 aliphatic heterocycles. The Kier molecular flexibility index (Phi) is 6.73. The number of nitrogens with one attached hydrogen (secondary N) is 1. The van der Waals surface area contributed by atoms with E-state index in [0.29, 0.717) is 30.7 Å². The number of hydrogen-bond acceptors (Lipinski definition) is 7. The average molecular weight is 464 g/mol. The van der Waals surface area contributed by atoms with E-state index in [-0.39, 0.29) is 18.0 Å². The zero-order chi connectivity index (χ0) is 23.3. The number of ether oxygens (including phenoxy) is 2. The number of H-pyrrole nitrogens is 1. The maximum absolute atomic E-state index is 13.2. The van der Waals surface area contributed by atoms with Gasteiger partial charge in [-0.2, -0.15) is 5.21 Å². The Morgan fingerprint density at radius 3 is 2.56 bits per heavy atom. The Morgan fingerprint density at radius 2 is 1.79 bits per heavy atom. The van der Waals surface area contributed by atoms with Crippen LogP contribution in [0.15, 0.2) is 52.9 Å². The first-order valence-electron chi connectivity index (χ1n) is 11.4. The Hall–Kier alpha value is -3.43. The molecule has 8 nitrogen and oxygen atoms in total. The highest BCUT2D eigenvalue weighted by molar-refractivity contribution is 5.59. The molecule has 1 saturated carbocycles. The number of aromatic amines is 1. The molecule has 2 heterocycles. The quantitative estimate of drug-likeness (QED) is 0.392. The van der Waals surface area contributed by atoms with Gasteiger partial charge in [0.05, 0.1) is 25.4 Å². The number of benzene rings is 2. The summed E-state index contributed by atoms with van der Waals surface area (Å²) in [6, 6.07) is 14.0. The summed E-state index contributed by atoms with van der Waals surface area (Å²) >= 11 is 0. The Morgan fingerprint density at radius 1 is 1.03 bits per heavy atom. The van der Waals surface area contributed by atoms with Gasteiger partial charge in [0.2, 0.25) is 11.7 Å². The Balaban J connectivity index is 1.16. The van der Waals surface area contributed by atoms with E-state index < -0.39 is 0 Å². The number of oxazole rings is 1. The molecule has 2 aromatic heterocycles. The third-order valence-electron chi connectivity index (χ3n) is 6.10. The first-order chi connectivity index (χ1) is 16.7. The van der Waals surface area contributed by atoms with Crippen molar-refractivity contribution in [3.05, 3.63) is 71.4 Å². The van der Waals surface area contributed by atoms with Crippen molar-refractivity contribution in [2.45, 2.75) is 58.0 Å². The summed E-state index contributed by atoms with van der Waals surface area (Å²) in [5.41, 5.74) is 3.44. The van der Waals surface area contributed by atoms with Crippen LogP contribution in [-0.4, -0.2) is 37.8 Å². The van der Waals surface area contributed by atoms with E-state index >= 15 is 0 Å². The SMILES string of the molecule is Cc1oc(-c2ccc(F)cc2)nc1COC1CCCC(OCc2ccccc2-c2nn[nH]n2)C1.